The number of hydrogen-bond acceptors (Lipinski definition) is 5. The van der Waals surface area contributed by atoms with Crippen molar-refractivity contribution in [2.45, 2.75) is 31.8 Å². The molecule has 1 aliphatic carbocycles. The number of nitrogens with zero attached hydrogens (tertiary/aromatic N) is 1. The second kappa shape index (κ2) is 7.09. The van der Waals surface area contributed by atoms with Gasteiger partial charge in [0.05, 0.1) is 19.8 Å². The van der Waals surface area contributed by atoms with E-state index >= 15 is 0 Å². The Balaban J connectivity index is 1.80. The third-order valence-electron chi connectivity index (χ3n) is 3.26. The zero-order valence-electron chi connectivity index (χ0n) is 11.2. The van der Waals surface area contributed by atoms with Gasteiger partial charge in [-0.2, -0.15) is 0 Å². The zero-order chi connectivity index (χ0) is 13.5. The molecule has 19 heavy (non-hydrogen) atoms. The van der Waals surface area contributed by atoms with Crippen molar-refractivity contribution in [3.05, 3.63) is 23.9 Å². The van der Waals surface area contributed by atoms with Crippen LogP contribution in [0.4, 0.5) is 5.82 Å². The number of carbonyl (C=O) groups is 1. The van der Waals surface area contributed by atoms with E-state index < -0.39 is 0 Å². The summed E-state index contributed by atoms with van der Waals surface area (Å²) in [5.74, 6) is 0.164. The molecule has 0 aliphatic heterocycles. The molecule has 1 aromatic heterocycles. The number of ether oxygens (including phenoxy) is 2. The smallest absolute Gasteiger partial charge is 0.341 e. The maximum absolute atomic E-state index is 11.5. The molecule has 104 valence electrons. The normalized spacial score (nSPS) is 15.4. The predicted molar refractivity (Wildman–Crippen MR) is 72.3 cm³/mol. The molecule has 1 heterocycles. The number of pyridine rings is 1. The number of aromatic nitrogens is 1. The number of anilines is 1. The number of rotatable bonds is 6. The van der Waals surface area contributed by atoms with Gasteiger partial charge in [-0.3, -0.25) is 0 Å². The van der Waals surface area contributed by atoms with E-state index in [4.69, 9.17) is 9.47 Å². The Labute approximate surface area is 113 Å². The van der Waals surface area contributed by atoms with E-state index in [0.717, 1.165) is 12.8 Å². The lowest BCUT2D eigenvalue weighted by Crippen LogP contribution is -2.17. The molecule has 0 bridgehead atoms. The lowest BCUT2D eigenvalue weighted by Gasteiger charge is -2.13. The summed E-state index contributed by atoms with van der Waals surface area (Å²) in [6.45, 7) is 1.26. The lowest BCUT2D eigenvalue weighted by molar-refractivity contribution is 0.0599. The average Bonchev–Trinajstić information content (AvgIpc) is 2.96. The molecular weight excluding hydrogens is 244 g/mol. The molecule has 2 rings (SSSR count). The van der Waals surface area contributed by atoms with Gasteiger partial charge in [-0.05, 0) is 25.0 Å². The van der Waals surface area contributed by atoms with Crippen LogP contribution in [0.25, 0.3) is 0 Å². The monoisotopic (exact) mass is 264 g/mol. The summed E-state index contributed by atoms with van der Waals surface area (Å²) in [6.07, 6.45) is 6.92. The molecule has 5 nitrogen and oxygen atoms in total. The van der Waals surface area contributed by atoms with Crippen LogP contribution < -0.4 is 5.32 Å². The summed E-state index contributed by atoms with van der Waals surface area (Å²) in [7, 11) is 1.36. The van der Waals surface area contributed by atoms with Crippen LogP contribution in [0.5, 0.6) is 0 Å². The first-order valence-corrected chi connectivity index (χ1v) is 6.70. The van der Waals surface area contributed by atoms with Gasteiger partial charge in [0, 0.05) is 12.7 Å². The van der Waals surface area contributed by atoms with Gasteiger partial charge in [0.15, 0.2) is 0 Å². The van der Waals surface area contributed by atoms with Gasteiger partial charge in [-0.15, -0.1) is 0 Å². The lowest BCUT2D eigenvalue weighted by atomic mass is 10.2. The minimum atomic E-state index is -0.382. The van der Waals surface area contributed by atoms with Gasteiger partial charge in [-0.25, -0.2) is 9.78 Å². The summed E-state index contributed by atoms with van der Waals surface area (Å²) in [5.41, 5.74) is 0.450. The summed E-state index contributed by atoms with van der Waals surface area (Å²) in [4.78, 5) is 15.7. The van der Waals surface area contributed by atoms with E-state index in [9.17, 15) is 4.79 Å². The van der Waals surface area contributed by atoms with Crippen molar-refractivity contribution in [3.8, 4) is 0 Å². The average molecular weight is 264 g/mol. The number of hydrogen-bond donors (Lipinski definition) is 1. The molecule has 0 radical (unpaired) electrons. The molecule has 5 heteroatoms. The van der Waals surface area contributed by atoms with E-state index in [0.29, 0.717) is 30.6 Å². The fourth-order valence-electron chi connectivity index (χ4n) is 2.27. The fraction of sp³-hybridized carbons (Fsp3) is 0.571. The summed E-state index contributed by atoms with van der Waals surface area (Å²) in [6, 6.07) is 3.41. The fourth-order valence-corrected chi connectivity index (χ4v) is 2.27. The first-order valence-electron chi connectivity index (χ1n) is 6.70. The highest BCUT2D eigenvalue weighted by Crippen LogP contribution is 2.20. The van der Waals surface area contributed by atoms with Crippen molar-refractivity contribution < 1.29 is 14.3 Å². The zero-order valence-corrected chi connectivity index (χ0v) is 11.2. The summed E-state index contributed by atoms with van der Waals surface area (Å²) in [5, 5.41) is 3.12. The molecule has 1 aliphatic rings. The molecule has 0 unspecified atom stereocenters. The van der Waals surface area contributed by atoms with E-state index in [1.54, 1.807) is 18.3 Å². The summed E-state index contributed by atoms with van der Waals surface area (Å²) < 4.78 is 10.5. The molecule has 0 atom stereocenters. The largest absolute Gasteiger partial charge is 0.465 e. The Morgan fingerprint density at radius 1 is 1.47 bits per heavy atom. The third-order valence-corrected chi connectivity index (χ3v) is 3.26. The maximum atomic E-state index is 11.5. The molecule has 0 saturated heterocycles. The molecule has 1 saturated carbocycles. The molecule has 1 fully saturated rings. The van der Waals surface area contributed by atoms with Crippen molar-refractivity contribution in [1.82, 2.24) is 4.98 Å². The minimum Gasteiger partial charge on any atom is -0.465 e. The molecule has 0 spiro atoms. The second-order valence-corrected chi connectivity index (χ2v) is 4.60. The van der Waals surface area contributed by atoms with Crippen molar-refractivity contribution in [2.75, 3.05) is 25.6 Å². The Kier molecular flexibility index (Phi) is 5.15. The van der Waals surface area contributed by atoms with Gasteiger partial charge in [0.25, 0.3) is 0 Å². The summed E-state index contributed by atoms with van der Waals surface area (Å²) >= 11 is 0. The van der Waals surface area contributed by atoms with Crippen LogP contribution in [0.2, 0.25) is 0 Å². The van der Waals surface area contributed by atoms with Crippen LogP contribution in [0.1, 0.15) is 36.0 Å². The highest BCUT2D eigenvalue weighted by atomic mass is 16.5. The first kappa shape index (κ1) is 13.8. The third kappa shape index (κ3) is 3.92. The van der Waals surface area contributed by atoms with Gasteiger partial charge in [-0.1, -0.05) is 12.8 Å². The topological polar surface area (TPSA) is 60.5 Å². The van der Waals surface area contributed by atoms with Crippen LogP contribution >= 0.6 is 0 Å². The van der Waals surface area contributed by atoms with E-state index in [2.05, 4.69) is 10.3 Å². The van der Waals surface area contributed by atoms with Crippen LogP contribution in [0.3, 0.4) is 0 Å². The van der Waals surface area contributed by atoms with Crippen molar-refractivity contribution in [2.24, 2.45) is 0 Å². The quantitative estimate of drug-likeness (QED) is 0.630. The molecule has 0 aromatic carbocycles. The Morgan fingerprint density at radius 3 is 3.00 bits per heavy atom. The first-order chi connectivity index (χ1) is 9.31. The van der Waals surface area contributed by atoms with Crippen LogP contribution in [0.15, 0.2) is 18.3 Å². The van der Waals surface area contributed by atoms with Crippen LogP contribution in [-0.2, 0) is 9.47 Å². The molecule has 1 aromatic rings. The van der Waals surface area contributed by atoms with Crippen molar-refractivity contribution >= 4 is 11.8 Å². The number of nitrogens with one attached hydrogen (secondary N) is 1. The van der Waals surface area contributed by atoms with Crippen molar-refractivity contribution in [1.29, 1.82) is 0 Å². The SMILES string of the molecule is COC(=O)c1cccnc1NCCOC1CCCC1. The minimum absolute atomic E-state index is 0.382. The van der Waals surface area contributed by atoms with E-state index in [-0.39, 0.29) is 5.97 Å². The maximum Gasteiger partial charge on any atom is 0.341 e. The number of esters is 1. The number of carbonyl (C=O) groups excluding carboxylic acids is 1. The Morgan fingerprint density at radius 2 is 2.26 bits per heavy atom. The van der Waals surface area contributed by atoms with Gasteiger partial charge in [0.1, 0.15) is 11.4 Å². The Bertz CT molecular complexity index is 417. The molecular formula is C14H20N2O3. The standard InChI is InChI=1S/C14H20N2O3/c1-18-14(17)12-7-4-8-15-13(12)16-9-10-19-11-5-2-3-6-11/h4,7-8,11H,2-3,5-6,9-10H2,1H3,(H,15,16). The Hall–Kier alpha value is -1.62. The predicted octanol–water partition coefficient (Wildman–Crippen LogP) is 2.24. The highest BCUT2D eigenvalue weighted by molar-refractivity contribution is 5.94. The van der Waals surface area contributed by atoms with E-state index in [1.807, 2.05) is 0 Å². The van der Waals surface area contributed by atoms with Crippen LogP contribution in [-0.4, -0.2) is 37.3 Å². The molecule has 0 amide bonds. The molecule has 1 N–H and O–H groups in total. The second-order valence-electron chi connectivity index (χ2n) is 4.60. The highest BCUT2D eigenvalue weighted by Gasteiger charge is 2.15. The van der Waals surface area contributed by atoms with E-state index in [1.165, 1.54) is 20.0 Å². The van der Waals surface area contributed by atoms with Crippen molar-refractivity contribution in [3.63, 3.8) is 0 Å². The van der Waals surface area contributed by atoms with Gasteiger partial charge < -0.3 is 14.8 Å². The van der Waals surface area contributed by atoms with Gasteiger partial charge >= 0.3 is 5.97 Å². The number of methoxy groups -OCH3 is 1. The van der Waals surface area contributed by atoms with Gasteiger partial charge in [0.2, 0.25) is 0 Å². The van der Waals surface area contributed by atoms with Crippen LogP contribution in [0, 0.1) is 0 Å².